The van der Waals surface area contributed by atoms with E-state index in [0.717, 1.165) is 29.6 Å². The number of hydrogen-bond acceptors (Lipinski definition) is 2. The summed E-state index contributed by atoms with van der Waals surface area (Å²) in [6, 6.07) is 8.13. The Morgan fingerprint density at radius 2 is 1.83 bits per heavy atom. The Labute approximate surface area is 110 Å². The van der Waals surface area contributed by atoms with Crippen molar-refractivity contribution >= 4 is 0 Å². The first-order chi connectivity index (χ1) is 8.69. The largest absolute Gasteiger partial charge is 0.490 e. The van der Waals surface area contributed by atoms with Gasteiger partial charge in [0.15, 0.2) is 0 Å². The van der Waals surface area contributed by atoms with Crippen LogP contribution in [0.5, 0.6) is 5.75 Å². The molecule has 0 spiro atoms. The Morgan fingerprint density at radius 3 is 2.44 bits per heavy atom. The highest BCUT2D eigenvalue weighted by atomic mass is 16.5. The van der Waals surface area contributed by atoms with E-state index in [2.05, 4.69) is 13.8 Å². The van der Waals surface area contributed by atoms with E-state index < -0.39 is 0 Å². The highest BCUT2D eigenvalue weighted by molar-refractivity contribution is 5.27. The number of rotatable bonds is 4. The van der Waals surface area contributed by atoms with Crippen LogP contribution in [0.1, 0.15) is 38.7 Å². The molecule has 0 amide bonds. The van der Waals surface area contributed by atoms with Crippen molar-refractivity contribution in [1.82, 2.24) is 0 Å². The molecule has 1 N–H and O–H groups in total. The van der Waals surface area contributed by atoms with Gasteiger partial charge in [-0.25, -0.2) is 0 Å². The minimum Gasteiger partial charge on any atom is -0.490 e. The second kappa shape index (κ2) is 6.24. The summed E-state index contributed by atoms with van der Waals surface area (Å²) in [5.41, 5.74) is 1.16. The van der Waals surface area contributed by atoms with Gasteiger partial charge in [-0.3, -0.25) is 0 Å². The molecule has 0 bridgehead atoms. The van der Waals surface area contributed by atoms with Gasteiger partial charge in [0, 0.05) is 6.61 Å². The summed E-state index contributed by atoms with van der Waals surface area (Å²) in [6.07, 6.45) is 4.70. The first kappa shape index (κ1) is 13.4. The average Bonchev–Trinajstić information content (AvgIpc) is 2.37. The quantitative estimate of drug-likeness (QED) is 0.884. The Balaban J connectivity index is 1.89. The number of benzene rings is 1. The van der Waals surface area contributed by atoms with Crippen LogP contribution in [0.15, 0.2) is 24.3 Å². The summed E-state index contributed by atoms with van der Waals surface area (Å²) in [5.74, 6) is 2.55. The molecule has 0 aromatic heterocycles. The van der Waals surface area contributed by atoms with Crippen LogP contribution in [0.25, 0.3) is 0 Å². The summed E-state index contributed by atoms with van der Waals surface area (Å²) in [7, 11) is 0. The predicted molar refractivity (Wildman–Crippen MR) is 73.8 cm³/mol. The maximum Gasteiger partial charge on any atom is 0.119 e. The topological polar surface area (TPSA) is 29.5 Å². The summed E-state index contributed by atoms with van der Waals surface area (Å²) in [6.45, 7) is 4.87. The second-order valence-corrected chi connectivity index (χ2v) is 5.63. The normalized spacial score (nSPS) is 28.1. The van der Waals surface area contributed by atoms with E-state index in [-0.39, 0.29) is 6.61 Å². The van der Waals surface area contributed by atoms with Gasteiger partial charge in [0.25, 0.3) is 0 Å². The maximum absolute atomic E-state index is 8.87. The summed E-state index contributed by atoms with van der Waals surface area (Å²) >= 11 is 0. The zero-order valence-corrected chi connectivity index (χ0v) is 11.4. The smallest absolute Gasteiger partial charge is 0.119 e. The van der Waals surface area contributed by atoms with Crippen LogP contribution in [0, 0.1) is 11.8 Å². The predicted octanol–water partition coefficient (Wildman–Crippen LogP) is 3.42. The van der Waals surface area contributed by atoms with Crippen molar-refractivity contribution < 1.29 is 9.84 Å². The fourth-order valence-electron chi connectivity index (χ4n) is 2.66. The lowest BCUT2D eigenvalue weighted by Gasteiger charge is -2.32. The van der Waals surface area contributed by atoms with Gasteiger partial charge in [0.1, 0.15) is 5.75 Å². The van der Waals surface area contributed by atoms with Crippen molar-refractivity contribution in [3.05, 3.63) is 29.8 Å². The highest BCUT2D eigenvalue weighted by Gasteiger charge is 2.25. The first-order valence-corrected chi connectivity index (χ1v) is 7.05. The van der Waals surface area contributed by atoms with Gasteiger partial charge in [-0.2, -0.15) is 0 Å². The molecular formula is C16H24O2. The van der Waals surface area contributed by atoms with E-state index in [9.17, 15) is 0 Å². The van der Waals surface area contributed by atoms with Crippen molar-refractivity contribution in [2.45, 2.75) is 45.6 Å². The van der Waals surface area contributed by atoms with Crippen molar-refractivity contribution in [2.75, 3.05) is 6.61 Å². The Bertz CT molecular complexity index is 358. The van der Waals surface area contributed by atoms with Gasteiger partial charge in [-0.1, -0.05) is 26.0 Å². The molecule has 1 saturated carbocycles. The van der Waals surface area contributed by atoms with Gasteiger partial charge in [0.05, 0.1) is 6.10 Å². The van der Waals surface area contributed by atoms with Crippen molar-refractivity contribution in [1.29, 1.82) is 0 Å². The molecule has 1 aliphatic rings. The van der Waals surface area contributed by atoms with E-state index >= 15 is 0 Å². The van der Waals surface area contributed by atoms with Crippen LogP contribution in [0.2, 0.25) is 0 Å². The molecule has 100 valence electrons. The second-order valence-electron chi connectivity index (χ2n) is 5.63. The first-order valence-electron chi connectivity index (χ1n) is 7.05. The van der Waals surface area contributed by atoms with Gasteiger partial charge in [-0.05, 0) is 55.2 Å². The van der Waals surface area contributed by atoms with Gasteiger partial charge >= 0.3 is 0 Å². The monoisotopic (exact) mass is 248 g/mol. The third-order valence-electron chi connectivity index (χ3n) is 4.18. The molecule has 2 nitrogen and oxygen atoms in total. The van der Waals surface area contributed by atoms with Crippen LogP contribution in [-0.2, 0) is 6.42 Å². The molecule has 0 heterocycles. The van der Waals surface area contributed by atoms with E-state index in [0.29, 0.717) is 6.10 Å². The molecule has 0 radical (unpaired) electrons. The van der Waals surface area contributed by atoms with Crippen molar-refractivity contribution in [3.63, 3.8) is 0 Å². The molecule has 1 aromatic rings. The summed E-state index contributed by atoms with van der Waals surface area (Å²) in [4.78, 5) is 0. The molecule has 3 atom stereocenters. The molecular weight excluding hydrogens is 224 g/mol. The third-order valence-corrected chi connectivity index (χ3v) is 4.18. The van der Waals surface area contributed by atoms with Crippen LogP contribution in [0.3, 0.4) is 0 Å². The van der Waals surface area contributed by atoms with E-state index in [1.807, 2.05) is 24.3 Å². The summed E-state index contributed by atoms with van der Waals surface area (Å²) < 4.78 is 6.04. The standard InChI is InChI=1S/C16H24O2/c1-12-3-6-16(11-13(12)2)18-15-7-4-14(5-8-15)9-10-17/h4-5,7-8,12-13,16-17H,3,6,9-11H2,1-2H3. The summed E-state index contributed by atoms with van der Waals surface area (Å²) in [5, 5.41) is 8.87. The Kier molecular flexibility index (Phi) is 4.65. The van der Waals surface area contributed by atoms with E-state index in [4.69, 9.17) is 9.84 Å². The fourth-order valence-corrected chi connectivity index (χ4v) is 2.66. The van der Waals surface area contributed by atoms with Crippen molar-refractivity contribution in [2.24, 2.45) is 11.8 Å². The average molecular weight is 248 g/mol. The number of ether oxygens (including phenoxy) is 1. The van der Waals surface area contributed by atoms with Crippen LogP contribution in [0.4, 0.5) is 0 Å². The zero-order valence-electron chi connectivity index (χ0n) is 11.4. The molecule has 3 unspecified atom stereocenters. The lowest BCUT2D eigenvalue weighted by Crippen LogP contribution is -2.28. The highest BCUT2D eigenvalue weighted by Crippen LogP contribution is 2.31. The molecule has 18 heavy (non-hydrogen) atoms. The number of aliphatic hydroxyl groups excluding tert-OH is 1. The SMILES string of the molecule is CC1CCC(Oc2ccc(CCO)cc2)CC1C. The zero-order chi connectivity index (χ0) is 13.0. The van der Waals surface area contributed by atoms with Crippen LogP contribution in [-0.4, -0.2) is 17.8 Å². The third kappa shape index (κ3) is 3.49. The molecule has 2 heteroatoms. The van der Waals surface area contributed by atoms with E-state index in [1.165, 1.54) is 19.3 Å². The number of hydrogen-bond donors (Lipinski definition) is 1. The molecule has 1 fully saturated rings. The van der Waals surface area contributed by atoms with Gasteiger partial charge < -0.3 is 9.84 Å². The molecule has 0 saturated heterocycles. The number of aliphatic hydroxyl groups is 1. The van der Waals surface area contributed by atoms with E-state index in [1.54, 1.807) is 0 Å². The molecule has 1 aliphatic carbocycles. The Morgan fingerprint density at radius 1 is 1.11 bits per heavy atom. The fraction of sp³-hybridized carbons (Fsp3) is 0.625. The van der Waals surface area contributed by atoms with Gasteiger partial charge in [0.2, 0.25) is 0 Å². The molecule has 2 rings (SSSR count). The van der Waals surface area contributed by atoms with Crippen LogP contribution < -0.4 is 4.74 Å². The minimum atomic E-state index is 0.207. The molecule has 0 aliphatic heterocycles. The minimum absolute atomic E-state index is 0.207. The lowest BCUT2D eigenvalue weighted by atomic mass is 9.80. The molecule has 1 aromatic carbocycles. The van der Waals surface area contributed by atoms with Crippen molar-refractivity contribution in [3.8, 4) is 5.75 Å². The maximum atomic E-state index is 8.87. The van der Waals surface area contributed by atoms with Crippen LogP contribution >= 0.6 is 0 Å². The van der Waals surface area contributed by atoms with Gasteiger partial charge in [-0.15, -0.1) is 0 Å². The lowest BCUT2D eigenvalue weighted by molar-refractivity contribution is 0.101. The Hall–Kier alpha value is -1.02.